The van der Waals surface area contributed by atoms with Gasteiger partial charge in [0.25, 0.3) is 0 Å². The number of anilines is 2. The largest absolute Gasteiger partial charge is 0.361 e. The van der Waals surface area contributed by atoms with E-state index in [1.54, 1.807) is 6.20 Å². The Morgan fingerprint density at radius 1 is 1.16 bits per heavy atom. The lowest BCUT2D eigenvalue weighted by Crippen LogP contribution is -2.31. The molecule has 1 amide bonds. The number of aromatic amines is 1. The van der Waals surface area contributed by atoms with Crippen LogP contribution in [0.3, 0.4) is 0 Å². The number of nitrogens with one attached hydrogen (secondary N) is 2. The van der Waals surface area contributed by atoms with Crippen molar-refractivity contribution in [2.75, 3.05) is 11.9 Å². The maximum absolute atomic E-state index is 13.1. The normalized spacial score (nSPS) is 15.9. The van der Waals surface area contributed by atoms with E-state index in [0.29, 0.717) is 6.42 Å². The lowest BCUT2D eigenvalue weighted by molar-refractivity contribution is -0.132. The van der Waals surface area contributed by atoms with Gasteiger partial charge >= 0.3 is 0 Å². The van der Waals surface area contributed by atoms with Crippen LogP contribution in [0, 0.1) is 6.92 Å². The number of hydrogen-bond acceptors (Lipinski definition) is 4. The number of aryl methyl sites for hydroxylation is 2. The molecule has 2 N–H and O–H groups in total. The minimum absolute atomic E-state index is 0.0519. The molecule has 4 aromatic rings. The van der Waals surface area contributed by atoms with E-state index >= 15 is 0 Å². The van der Waals surface area contributed by atoms with Crippen LogP contribution in [0.15, 0.2) is 67.1 Å². The van der Waals surface area contributed by atoms with Crippen LogP contribution in [0.5, 0.6) is 0 Å². The second-order valence-corrected chi connectivity index (χ2v) is 8.37. The number of para-hydroxylation sites is 1. The Kier molecular flexibility index (Phi) is 5.58. The molecule has 0 spiro atoms. The molecule has 0 unspecified atom stereocenters. The van der Waals surface area contributed by atoms with E-state index in [9.17, 15) is 4.79 Å². The first kappa shape index (κ1) is 20.2. The number of hydrogen-bond donors (Lipinski definition) is 2. The van der Waals surface area contributed by atoms with Gasteiger partial charge in [-0.2, -0.15) is 0 Å². The number of benzene rings is 1. The molecule has 1 aliphatic heterocycles. The molecule has 162 valence electrons. The first-order valence-corrected chi connectivity index (χ1v) is 11.2. The van der Waals surface area contributed by atoms with Crippen LogP contribution in [0.1, 0.15) is 42.1 Å². The van der Waals surface area contributed by atoms with Crippen LogP contribution < -0.4 is 5.32 Å². The average molecular weight is 426 g/mol. The zero-order valence-corrected chi connectivity index (χ0v) is 18.2. The zero-order chi connectivity index (χ0) is 21.9. The Bertz CT molecular complexity index is 1230. The minimum Gasteiger partial charge on any atom is -0.361 e. The van der Waals surface area contributed by atoms with Gasteiger partial charge < -0.3 is 15.2 Å². The van der Waals surface area contributed by atoms with Crippen molar-refractivity contribution in [3.05, 3.63) is 83.9 Å². The van der Waals surface area contributed by atoms with E-state index in [1.165, 1.54) is 10.9 Å². The summed E-state index contributed by atoms with van der Waals surface area (Å²) in [6, 6.07) is 16.3. The SMILES string of the molecule is Cc1cccnc1Nc1ccc([C@H]2CCCN2C(=O)CCc2c[nH]c3ccccc23)nc1. The summed E-state index contributed by atoms with van der Waals surface area (Å²) in [6.07, 6.45) is 8.85. The first-order chi connectivity index (χ1) is 15.7. The second-order valence-electron chi connectivity index (χ2n) is 8.37. The summed E-state index contributed by atoms with van der Waals surface area (Å²) in [5.74, 6) is 1.03. The van der Waals surface area contributed by atoms with E-state index in [4.69, 9.17) is 0 Å². The number of carbonyl (C=O) groups is 1. The van der Waals surface area contributed by atoms with Crippen molar-refractivity contribution in [2.45, 2.75) is 38.6 Å². The predicted octanol–water partition coefficient (Wildman–Crippen LogP) is 5.31. The molecule has 1 aliphatic rings. The Balaban J connectivity index is 1.25. The fourth-order valence-electron chi connectivity index (χ4n) is 4.53. The lowest BCUT2D eigenvalue weighted by atomic mass is 10.1. The second kappa shape index (κ2) is 8.83. The quantitative estimate of drug-likeness (QED) is 0.439. The lowest BCUT2D eigenvalue weighted by Gasteiger charge is -2.24. The Morgan fingerprint density at radius 2 is 2.06 bits per heavy atom. The molecule has 0 saturated carbocycles. The van der Waals surface area contributed by atoms with Crippen LogP contribution in [-0.4, -0.2) is 32.3 Å². The third kappa shape index (κ3) is 4.08. The molecule has 32 heavy (non-hydrogen) atoms. The molecule has 1 saturated heterocycles. The van der Waals surface area contributed by atoms with Gasteiger partial charge in [0, 0.05) is 36.3 Å². The maximum Gasteiger partial charge on any atom is 0.223 e. The summed E-state index contributed by atoms with van der Waals surface area (Å²) < 4.78 is 0. The Morgan fingerprint density at radius 3 is 2.91 bits per heavy atom. The van der Waals surface area contributed by atoms with Crippen LogP contribution >= 0.6 is 0 Å². The number of pyridine rings is 2. The van der Waals surface area contributed by atoms with Crippen molar-refractivity contribution >= 4 is 28.3 Å². The highest BCUT2D eigenvalue weighted by molar-refractivity contribution is 5.84. The third-order valence-corrected chi connectivity index (χ3v) is 6.26. The number of nitrogens with zero attached hydrogens (tertiary/aromatic N) is 3. The highest BCUT2D eigenvalue weighted by Gasteiger charge is 2.30. The number of amides is 1. The predicted molar refractivity (Wildman–Crippen MR) is 127 cm³/mol. The highest BCUT2D eigenvalue weighted by atomic mass is 16.2. The fraction of sp³-hybridized carbons (Fsp3) is 0.269. The molecule has 4 heterocycles. The van der Waals surface area contributed by atoms with Crippen molar-refractivity contribution in [1.82, 2.24) is 19.9 Å². The van der Waals surface area contributed by atoms with Gasteiger partial charge in [0.15, 0.2) is 0 Å². The van der Waals surface area contributed by atoms with E-state index in [1.807, 2.05) is 60.6 Å². The van der Waals surface area contributed by atoms with Gasteiger partial charge in [0.1, 0.15) is 5.82 Å². The van der Waals surface area contributed by atoms with E-state index in [2.05, 4.69) is 32.4 Å². The summed E-state index contributed by atoms with van der Waals surface area (Å²) in [6.45, 7) is 2.82. The molecule has 1 fully saturated rings. The standard InChI is InChI=1S/C26H27N5O/c1-18-6-4-14-27-26(18)30-20-11-12-23(29-17-20)24-9-5-15-31(24)25(32)13-10-19-16-28-22-8-3-2-7-21(19)22/h2-4,6-8,11-12,14,16-17,24,28H,5,9-10,13,15H2,1H3,(H,27,30)/t24-/m1/s1. The number of rotatable bonds is 6. The topological polar surface area (TPSA) is 73.9 Å². The molecule has 1 atom stereocenters. The van der Waals surface area contributed by atoms with Crippen molar-refractivity contribution < 1.29 is 4.79 Å². The summed E-state index contributed by atoms with van der Waals surface area (Å²) in [7, 11) is 0. The van der Waals surface area contributed by atoms with E-state index < -0.39 is 0 Å². The maximum atomic E-state index is 13.1. The van der Waals surface area contributed by atoms with Gasteiger partial charge in [-0.15, -0.1) is 0 Å². The number of H-pyrrole nitrogens is 1. The van der Waals surface area contributed by atoms with Crippen molar-refractivity contribution in [3.63, 3.8) is 0 Å². The average Bonchev–Trinajstić information content (AvgIpc) is 3.47. The van der Waals surface area contributed by atoms with Gasteiger partial charge in [-0.25, -0.2) is 4.98 Å². The molecular weight excluding hydrogens is 398 g/mol. The van der Waals surface area contributed by atoms with Crippen LogP contribution in [0.4, 0.5) is 11.5 Å². The molecular formula is C26H27N5O. The van der Waals surface area contributed by atoms with Gasteiger partial charge in [-0.3, -0.25) is 9.78 Å². The Hall–Kier alpha value is -3.67. The molecule has 1 aromatic carbocycles. The van der Waals surface area contributed by atoms with E-state index in [0.717, 1.165) is 54.1 Å². The van der Waals surface area contributed by atoms with E-state index in [-0.39, 0.29) is 11.9 Å². The monoisotopic (exact) mass is 425 g/mol. The summed E-state index contributed by atoms with van der Waals surface area (Å²) in [4.78, 5) is 27.4. The van der Waals surface area contributed by atoms with Crippen LogP contribution in [0.25, 0.3) is 10.9 Å². The van der Waals surface area contributed by atoms with Crippen LogP contribution in [-0.2, 0) is 11.2 Å². The van der Waals surface area contributed by atoms with Gasteiger partial charge in [0.05, 0.1) is 23.6 Å². The molecule has 6 nitrogen and oxygen atoms in total. The number of fused-ring (bicyclic) bond motifs is 1. The molecule has 0 bridgehead atoms. The van der Waals surface area contributed by atoms with Gasteiger partial charge in [0.2, 0.25) is 5.91 Å². The summed E-state index contributed by atoms with van der Waals surface area (Å²) >= 11 is 0. The first-order valence-electron chi connectivity index (χ1n) is 11.2. The highest BCUT2D eigenvalue weighted by Crippen LogP contribution is 2.32. The van der Waals surface area contributed by atoms with Crippen molar-refractivity contribution in [1.29, 1.82) is 0 Å². The molecule has 5 rings (SSSR count). The zero-order valence-electron chi connectivity index (χ0n) is 18.2. The van der Waals surface area contributed by atoms with Gasteiger partial charge in [-0.05, 0) is 61.6 Å². The Labute approximate surface area is 187 Å². The molecule has 6 heteroatoms. The summed E-state index contributed by atoms with van der Waals surface area (Å²) in [5, 5.41) is 4.52. The van der Waals surface area contributed by atoms with Crippen LogP contribution in [0.2, 0.25) is 0 Å². The number of likely N-dealkylation sites (tertiary alicyclic amines) is 1. The summed E-state index contributed by atoms with van der Waals surface area (Å²) in [5.41, 5.74) is 5.24. The third-order valence-electron chi connectivity index (χ3n) is 6.26. The number of aromatic nitrogens is 3. The van der Waals surface area contributed by atoms with Crippen molar-refractivity contribution in [3.8, 4) is 0 Å². The molecule has 0 radical (unpaired) electrons. The fourth-order valence-corrected chi connectivity index (χ4v) is 4.53. The minimum atomic E-state index is 0.0519. The van der Waals surface area contributed by atoms with Gasteiger partial charge in [-0.1, -0.05) is 24.3 Å². The molecule has 0 aliphatic carbocycles. The van der Waals surface area contributed by atoms with Crippen molar-refractivity contribution in [2.24, 2.45) is 0 Å². The number of carbonyl (C=O) groups excluding carboxylic acids is 1. The molecule has 3 aromatic heterocycles. The smallest absolute Gasteiger partial charge is 0.223 e.